The fourth-order valence-corrected chi connectivity index (χ4v) is 2.65. The summed E-state index contributed by atoms with van der Waals surface area (Å²) < 4.78 is 6.42. The molecule has 1 aromatic heterocycles. The maximum Gasteiger partial charge on any atom is 0.191 e. The number of hydrogen-bond donors (Lipinski definition) is 2. The molecule has 0 aliphatic heterocycles. The van der Waals surface area contributed by atoms with Crippen molar-refractivity contribution in [2.75, 3.05) is 7.05 Å². The zero-order chi connectivity index (χ0) is 14.7. The minimum Gasteiger partial charge on any atom is -0.467 e. The largest absolute Gasteiger partial charge is 0.467 e. The molecule has 0 spiro atoms. The van der Waals surface area contributed by atoms with E-state index in [9.17, 15) is 0 Å². The molecule has 0 unspecified atom stereocenters. The summed E-state index contributed by atoms with van der Waals surface area (Å²) in [5, 5.41) is 6.71. The fraction of sp³-hybridized carbons (Fsp3) is 0.312. The van der Waals surface area contributed by atoms with Crippen molar-refractivity contribution in [3.8, 4) is 0 Å². The van der Waals surface area contributed by atoms with Crippen LogP contribution in [0.2, 0.25) is 0 Å². The molecule has 1 aromatic carbocycles. The summed E-state index contributed by atoms with van der Waals surface area (Å²) >= 11 is 3.47. The highest BCUT2D eigenvalue weighted by molar-refractivity contribution is 14.0. The molecule has 0 bridgehead atoms. The number of nitrogens with zero attached hydrogens (tertiary/aromatic N) is 1. The van der Waals surface area contributed by atoms with Crippen molar-refractivity contribution in [3.05, 3.63) is 58.5 Å². The van der Waals surface area contributed by atoms with Gasteiger partial charge in [-0.2, -0.15) is 0 Å². The Morgan fingerprint density at radius 3 is 2.73 bits per heavy atom. The first-order chi connectivity index (χ1) is 10.3. The van der Waals surface area contributed by atoms with Gasteiger partial charge in [0.2, 0.25) is 0 Å². The van der Waals surface area contributed by atoms with Crippen molar-refractivity contribution in [2.45, 2.75) is 24.9 Å². The smallest absolute Gasteiger partial charge is 0.191 e. The van der Waals surface area contributed by atoms with Gasteiger partial charge in [0.1, 0.15) is 5.76 Å². The Bertz CT molecular complexity index is 613. The van der Waals surface area contributed by atoms with Crippen LogP contribution >= 0.6 is 39.9 Å². The topological polar surface area (TPSA) is 49.6 Å². The van der Waals surface area contributed by atoms with E-state index in [1.165, 1.54) is 5.56 Å². The van der Waals surface area contributed by atoms with Crippen LogP contribution in [0.4, 0.5) is 0 Å². The van der Waals surface area contributed by atoms with Gasteiger partial charge in [-0.15, -0.1) is 24.0 Å². The van der Waals surface area contributed by atoms with Crippen LogP contribution in [0.25, 0.3) is 0 Å². The molecule has 0 saturated heterocycles. The Kier molecular flexibility index (Phi) is 6.31. The molecule has 3 rings (SSSR count). The number of aliphatic imine (C=N–C) groups is 1. The minimum atomic E-state index is 0. The standard InChI is InChI=1S/C16H18BrN3O.HI/c1-18-16(19-10-13-3-2-8-21-13)20-15-9-14(15)11-4-6-12(17)7-5-11;/h2-8,14-15H,9-10H2,1H3,(H2,18,19,20);1H/t14-,15+;/m0./s1. The summed E-state index contributed by atoms with van der Waals surface area (Å²) in [5.41, 5.74) is 1.37. The summed E-state index contributed by atoms with van der Waals surface area (Å²) in [6.07, 6.45) is 2.82. The molecule has 1 fully saturated rings. The lowest BCUT2D eigenvalue weighted by Gasteiger charge is -2.11. The number of halogens is 2. The summed E-state index contributed by atoms with van der Waals surface area (Å²) in [5.74, 6) is 2.29. The first-order valence-corrected chi connectivity index (χ1v) is 7.80. The zero-order valence-corrected chi connectivity index (χ0v) is 16.2. The Balaban J connectivity index is 0.00000176. The molecular weight excluding hydrogens is 457 g/mol. The second-order valence-corrected chi connectivity index (χ2v) is 6.07. The zero-order valence-electron chi connectivity index (χ0n) is 12.3. The van der Waals surface area contributed by atoms with Gasteiger partial charge in [0.05, 0.1) is 12.8 Å². The highest BCUT2D eigenvalue weighted by atomic mass is 127. The average molecular weight is 476 g/mol. The molecule has 1 aliphatic rings. The SMILES string of the molecule is CN=C(NCc1ccco1)N[C@@H]1C[C@H]1c1ccc(Br)cc1.I. The molecule has 6 heteroatoms. The predicted octanol–water partition coefficient (Wildman–Crippen LogP) is 3.88. The van der Waals surface area contributed by atoms with Gasteiger partial charge in [-0.1, -0.05) is 28.1 Å². The lowest BCUT2D eigenvalue weighted by Crippen LogP contribution is -2.38. The van der Waals surface area contributed by atoms with Crippen LogP contribution in [0, 0.1) is 0 Å². The van der Waals surface area contributed by atoms with E-state index in [4.69, 9.17) is 4.42 Å². The Morgan fingerprint density at radius 2 is 2.09 bits per heavy atom. The molecule has 2 atom stereocenters. The van der Waals surface area contributed by atoms with Crippen molar-refractivity contribution in [3.63, 3.8) is 0 Å². The Labute approximate surface area is 155 Å². The number of rotatable bonds is 4. The Hall–Kier alpha value is -1.02. The average Bonchev–Trinajstić information content (AvgIpc) is 3.06. The molecule has 118 valence electrons. The highest BCUT2D eigenvalue weighted by Crippen LogP contribution is 2.40. The van der Waals surface area contributed by atoms with E-state index in [1.54, 1.807) is 13.3 Å². The van der Waals surface area contributed by atoms with Gasteiger partial charge in [0.25, 0.3) is 0 Å². The van der Waals surface area contributed by atoms with Crippen LogP contribution in [0.1, 0.15) is 23.7 Å². The maximum atomic E-state index is 5.30. The van der Waals surface area contributed by atoms with E-state index in [-0.39, 0.29) is 24.0 Å². The van der Waals surface area contributed by atoms with E-state index >= 15 is 0 Å². The van der Waals surface area contributed by atoms with Crippen LogP contribution in [-0.2, 0) is 6.54 Å². The normalized spacial score (nSPS) is 20.2. The highest BCUT2D eigenvalue weighted by Gasteiger charge is 2.38. The van der Waals surface area contributed by atoms with Gasteiger partial charge in [-0.3, -0.25) is 4.99 Å². The van der Waals surface area contributed by atoms with E-state index in [0.717, 1.165) is 22.6 Å². The summed E-state index contributed by atoms with van der Waals surface area (Å²) in [7, 11) is 1.79. The third-order valence-electron chi connectivity index (χ3n) is 3.64. The summed E-state index contributed by atoms with van der Waals surface area (Å²) in [4.78, 5) is 4.26. The van der Waals surface area contributed by atoms with Crippen LogP contribution in [-0.4, -0.2) is 19.0 Å². The quantitative estimate of drug-likeness (QED) is 0.400. The third-order valence-corrected chi connectivity index (χ3v) is 4.17. The van der Waals surface area contributed by atoms with Crippen molar-refractivity contribution in [1.29, 1.82) is 0 Å². The number of furan rings is 1. The molecule has 1 heterocycles. The number of guanidine groups is 1. The first-order valence-electron chi connectivity index (χ1n) is 7.01. The predicted molar refractivity (Wildman–Crippen MR) is 103 cm³/mol. The van der Waals surface area contributed by atoms with E-state index in [0.29, 0.717) is 18.5 Å². The van der Waals surface area contributed by atoms with Crippen LogP contribution in [0.5, 0.6) is 0 Å². The number of hydrogen-bond acceptors (Lipinski definition) is 2. The molecule has 0 radical (unpaired) electrons. The van der Waals surface area contributed by atoms with Gasteiger partial charge in [0.15, 0.2) is 5.96 Å². The molecule has 2 N–H and O–H groups in total. The van der Waals surface area contributed by atoms with Gasteiger partial charge in [-0.25, -0.2) is 0 Å². The van der Waals surface area contributed by atoms with Crippen molar-refractivity contribution in [2.24, 2.45) is 4.99 Å². The molecular formula is C16H19BrIN3O. The van der Waals surface area contributed by atoms with Crippen molar-refractivity contribution < 1.29 is 4.42 Å². The van der Waals surface area contributed by atoms with Gasteiger partial charge < -0.3 is 15.1 Å². The monoisotopic (exact) mass is 475 g/mol. The van der Waals surface area contributed by atoms with Crippen LogP contribution in [0.15, 0.2) is 56.5 Å². The van der Waals surface area contributed by atoms with E-state index in [2.05, 4.69) is 55.8 Å². The third kappa shape index (κ3) is 4.49. The minimum absolute atomic E-state index is 0. The van der Waals surface area contributed by atoms with E-state index < -0.39 is 0 Å². The van der Waals surface area contributed by atoms with Crippen molar-refractivity contribution >= 4 is 45.9 Å². The molecule has 22 heavy (non-hydrogen) atoms. The summed E-state index contributed by atoms with van der Waals surface area (Å²) in [6.45, 7) is 0.641. The molecule has 2 aromatic rings. The molecule has 1 saturated carbocycles. The molecule has 0 amide bonds. The lowest BCUT2D eigenvalue weighted by atomic mass is 10.1. The van der Waals surface area contributed by atoms with Crippen molar-refractivity contribution in [1.82, 2.24) is 10.6 Å². The van der Waals surface area contributed by atoms with Gasteiger partial charge in [-0.05, 0) is 36.2 Å². The second kappa shape index (κ2) is 8.01. The fourth-order valence-electron chi connectivity index (χ4n) is 2.39. The first kappa shape index (κ1) is 17.3. The second-order valence-electron chi connectivity index (χ2n) is 5.15. The molecule has 4 nitrogen and oxygen atoms in total. The lowest BCUT2D eigenvalue weighted by molar-refractivity contribution is 0.501. The Morgan fingerprint density at radius 1 is 1.32 bits per heavy atom. The maximum absolute atomic E-state index is 5.30. The summed E-state index contributed by atoms with van der Waals surface area (Å²) in [6, 6.07) is 12.8. The van der Waals surface area contributed by atoms with Gasteiger partial charge in [0, 0.05) is 23.5 Å². The number of benzene rings is 1. The number of nitrogens with one attached hydrogen (secondary N) is 2. The molecule has 1 aliphatic carbocycles. The van der Waals surface area contributed by atoms with Gasteiger partial charge >= 0.3 is 0 Å². The van der Waals surface area contributed by atoms with Crippen LogP contribution in [0.3, 0.4) is 0 Å². The van der Waals surface area contributed by atoms with Crippen LogP contribution < -0.4 is 10.6 Å². The van der Waals surface area contributed by atoms with E-state index in [1.807, 2.05) is 12.1 Å².